The van der Waals surface area contributed by atoms with E-state index in [1.165, 1.54) is 16.7 Å². The van der Waals surface area contributed by atoms with E-state index in [0.29, 0.717) is 6.54 Å². The van der Waals surface area contributed by atoms with Gasteiger partial charge < -0.3 is 21.5 Å². The van der Waals surface area contributed by atoms with Gasteiger partial charge in [-0.15, -0.1) is 0 Å². The fourth-order valence-electron chi connectivity index (χ4n) is 2.05. The van der Waals surface area contributed by atoms with Crippen molar-refractivity contribution in [2.24, 2.45) is 11.5 Å². The predicted octanol–water partition coefficient (Wildman–Crippen LogP) is 0.730. The van der Waals surface area contributed by atoms with Gasteiger partial charge in [0.05, 0.1) is 7.11 Å². The van der Waals surface area contributed by atoms with Crippen LogP contribution in [0.1, 0.15) is 16.7 Å². The number of rotatable bonds is 7. The van der Waals surface area contributed by atoms with E-state index in [0.717, 1.165) is 25.3 Å². The number of benzene rings is 1. The number of methoxy groups -OCH3 is 1. The van der Waals surface area contributed by atoms with Gasteiger partial charge in [-0.05, 0) is 49.6 Å². The second-order valence-corrected chi connectivity index (χ2v) is 4.71. The number of aryl methyl sites for hydroxylation is 2. The summed E-state index contributed by atoms with van der Waals surface area (Å²) in [6.07, 6.45) is 0.937. The van der Waals surface area contributed by atoms with E-state index in [9.17, 15) is 0 Å². The zero-order valence-corrected chi connectivity index (χ0v) is 11.6. The molecule has 0 saturated carbocycles. The first kappa shape index (κ1) is 15.0. The summed E-state index contributed by atoms with van der Waals surface area (Å²) in [5, 5.41) is 3.32. The number of hydrogen-bond acceptors (Lipinski definition) is 4. The maximum Gasteiger partial charge on any atom is 0.122 e. The zero-order chi connectivity index (χ0) is 13.5. The van der Waals surface area contributed by atoms with Crippen molar-refractivity contribution in [3.63, 3.8) is 0 Å². The summed E-state index contributed by atoms with van der Waals surface area (Å²) >= 11 is 0. The molecule has 0 amide bonds. The molecule has 18 heavy (non-hydrogen) atoms. The van der Waals surface area contributed by atoms with Crippen LogP contribution in [0.4, 0.5) is 0 Å². The molecule has 1 aromatic carbocycles. The van der Waals surface area contributed by atoms with Crippen LogP contribution in [0.3, 0.4) is 0 Å². The summed E-state index contributed by atoms with van der Waals surface area (Å²) in [4.78, 5) is 0. The number of hydrogen-bond donors (Lipinski definition) is 3. The molecule has 0 aliphatic carbocycles. The molecule has 0 fully saturated rings. The Bertz CT molecular complexity index is 380. The van der Waals surface area contributed by atoms with Crippen molar-refractivity contribution in [1.29, 1.82) is 0 Å². The monoisotopic (exact) mass is 251 g/mol. The second-order valence-electron chi connectivity index (χ2n) is 4.71. The fraction of sp³-hybridized carbons (Fsp3) is 0.571. The molecule has 0 saturated heterocycles. The van der Waals surface area contributed by atoms with E-state index in [1.54, 1.807) is 7.11 Å². The van der Waals surface area contributed by atoms with Gasteiger partial charge in [0.25, 0.3) is 0 Å². The molecule has 4 nitrogen and oxygen atoms in total. The van der Waals surface area contributed by atoms with Gasteiger partial charge in [-0.1, -0.05) is 6.07 Å². The standard InChI is InChI=1S/C14H25N3O/c1-10-6-11(2)13(14(7-10)18-3)4-5-17-9-12(16)8-15/h6-7,12,17H,4-5,8-9,15-16H2,1-3H3. The van der Waals surface area contributed by atoms with Gasteiger partial charge in [0, 0.05) is 19.1 Å². The van der Waals surface area contributed by atoms with E-state index in [2.05, 4.69) is 31.3 Å². The van der Waals surface area contributed by atoms with Crippen molar-refractivity contribution in [1.82, 2.24) is 5.32 Å². The van der Waals surface area contributed by atoms with Crippen LogP contribution < -0.4 is 21.5 Å². The maximum absolute atomic E-state index is 5.75. The van der Waals surface area contributed by atoms with Crippen molar-refractivity contribution in [2.75, 3.05) is 26.7 Å². The lowest BCUT2D eigenvalue weighted by molar-refractivity contribution is 0.408. The quantitative estimate of drug-likeness (QED) is 0.625. The minimum atomic E-state index is 0.0333. The molecule has 5 N–H and O–H groups in total. The van der Waals surface area contributed by atoms with Crippen LogP contribution in [-0.2, 0) is 6.42 Å². The van der Waals surface area contributed by atoms with Crippen LogP contribution in [-0.4, -0.2) is 32.8 Å². The van der Waals surface area contributed by atoms with Crippen LogP contribution in [0, 0.1) is 13.8 Å². The van der Waals surface area contributed by atoms with Gasteiger partial charge in [-0.3, -0.25) is 0 Å². The van der Waals surface area contributed by atoms with Gasteiger partial charge >= 0.3 is 0 Å². The first-order valence-electron chi connectivity index (χ1n) is 6.39. The average molecular weight is 251 g/mol. The van der Waals surface area contributed by atoms with Crippen molar-refractivity contribution < 1.29 is 4.74 Å². The Morgan fingerprint density at radius 2 is 2.06 bits per heavy atom. The lowest BCUT2D eigenvalue weighted by Gasteiger charge is -2.14. The van der Waals surface area contributed by atoms with Crippen molar-refractivity contribution in [2.45, 2.75) is 26.3 Å². The smallest absolute Gasteiger partial charge is 0.122 e. The van der Waals surface area contributed by atoms with Gasteiger partial charge in [0.1, 0.15) is 5.75 Å². The molecule has 102 valence electrons. The number of ether oxygens (including phenoxy) is 1. The highest BCUT2D eigenvalue weighted by molar-refractivity contribution is 5.43. The lowest BCUT2D eigenvalue weighted by Crippen LogP contribution is -2.40. The summed E-state index contributed by atoms with van der Waals surface area (Å²) < 4.78 is 5.43. The van der Waals surface area contributed by atoms with Crippen LogP contribution in [0.25, 0.3) is 0 Å². The fourth-order valence-corrected chi connectivity index (χ4v) is 2.05. The molecule has 0 radical (unpaired) electrons. The van der Waals surface area contributed by atoms with Gasteiger partial charge in [-0.2, -0.15) is 0 Å². The summed E-state index contributed by atoms with van der Waals surface area (Å²) in [6, 6.07) is 4.29. The van der Waals surface area contributed by atoms with E-state index >= 15 is 0 Å². The van der Waals surface area contributed by atoms with E-state index in [1.807, 2.05) is 0 Å². The Balaban J connectivity index is 2.56. The van der Waals surface area contributed by atoms with Crippen molar-refractivity contribution >= 4 is 0 Å². The molecule has 0 bridgehead atoms. The van der Waals surface area contributed by atoms with Crippen LogP contribution >= 0.6 is 0 Å². The third-order valence-electron chi connectivity index (χ3n) is 3.06. The minimum Gasteiger partial charge on any atom is -0.496 e. The molecule has 4 heteroatoms. The largest absolute Gasteiger partial charge is 0.496 e. The average Bonchev–Trinajstić information content (AvgIpc) is 2.35. The van der Waals surface area contributed by atoms with E-state index in [-0.39, 0.29) is 6.04 Å². The summed E-state index contributed by atoms with van der Waals surface area (Å²) in [7, 11) is 1.72. The van der Waals surface area contributed by atoms with Crippen molar-refractivity contribution in [3.8, 4) is 5.75 Å². The first-order chi connectivity index (χ1) is 8.58. The van der Waals surface area contributed by atoms with Gasteiger partial charge in [-0.25, -0.2) is 0 Å². The molecule has 1 rings (SSSR count). The highest BCUT2D eigenvalue weighted by Gasteiger charge is 2.07. The molecule has 0 aliphatic heterocycles. The molecule has 1 atom stereocenters. The molecule has 0 spiro atoms. The third-order valence-corrected chi connectivity index (χ3v) is 3.06. The van der Waals surface area contributed by atoms with Crippen molar-refractivity contribution in [3.05, 3.63) is 28.8 Å². The second kappa shape index (κ2) is 7.36. The predicted molar refractivity (Wildman–Crippen MR) is 76.1 cm³/mol. The van der Waals surface area contributed by atoms with Crippen LogP contribution in [0.2, 0.25) is 0 Å². The maximum atomic E-state index is 5.75. The SMILES string of the molecule is COc1cc(C)cc(C)c1CCNCC(N)CN. The van der Waals surface area contributed by atoms with E-state index in [4.69, 9.17) is 16.2 Å². The van der Waals surface area contributed by atoms with Crippen LogP contribution in [0.5, 0.6) is 5.75 Å². The highest BCUT2D eigenvalue weighted by Crippen LogP contribution is 2.24. The zero-order valence-electron chi connectivity index (χ0n) is 11.6. The number of nitrogens with two attached hydrogens (primary N) is 2. The Morgan fingerprint density at radius 1 is 1.33 bits per heavy atom. The van der Waals surface area contributed by atoms with Gasteiger partial charge in [0.2, 0.25) is 0 Å². The number of nitrogens with one attached hydrogen (secondary N) is 1. The Morgan fingerprint density at radius 3 is 2.67 bits per heavy atom. The molecule has 0 heterocycles. The molecule has 0 aliphatic rings. The Hall–Kier alpha value is -1.10. The topological polar surface area (TPSA) is 73.3 Å². The lowest BCUT2D eigenvalue weighted by atomic mass is 10.0. The Kier molecular flexibility index (Phi) is 6.12. The molecular formula is C14H25N3O. The molecule has 1 unspecified atom stereocenters. The minimum absolute atomic E-state index is 0.0333. The van der Waals surface area contributed by atoms with Gasteiger partial charge in [0.15, 0.2) is 0 Å². The Labute approximate surface area is 110 Å². The van der Waals surface area contributed by atoms with E-state index < -0.39 is 0 Å². The summed E-state index contributed by atoms with van der Waals surface area (Å²) in [5.41, 5.74) is 15.0. The van der Waals surface area contributed by atoms with Crippen LogP contribution in [0.15, 0.2) is 12.1 Å². The first-order valence-corrected chi connectivity index (χ1v) is 6.39. The highest BCUT2D eigenvalue weighted by atomic mass is 16.5. The third kappa shape index (κ3) is 4.29. The summed E-state index contributed by atoms with van der Waals surface area (Å²) in [6.45, 7) is 6.35. The summed E-state index contributed by atoms with van der Waals surface area (Å²) in [5.74, 6) is 0.970. The molecular weight excluding hydrogens is 226 g/mol. The normalized spacial score (nSPS) is 12.5. The molecule has 1 aromatic rings. The molecule has 0 aromatic heterocycles.